The first-order valence-electron chi connectivity index (χ1n) is 41.8. The number of nitrogens with two attached hydrogens (primary N) is 4. The van der Waals surface area contributed by atoms with Gasteiger partial charge in [0.15, 0.2) is 46.0 Å². The Morgan fingerprint density at radius 2 is 0.655 bits per heavy atom. The van der Waals surface area contributed by atoms with Crippen molar-refractivity contribution in [1.29, 1.82) is 0 Å². The quantitative estimate of drug-likeness (QED) is 0.0208. The minimum absolute atomic E-state index is 0.138. The van der Waals surface area contributed by atoms with E-state index in [2.05, 4.69) is 117 Å². The van der Waals surface area contributed by atoms with E-state index in [4.69, 9.17) is 91.4 Å². The third-order valence-corrected chi connectivity index (χ3v) is 25.5. The topological polar surface area (TPSA) is 536 Å². The molecule has 10 aromatic carbocycles. The minimum atomic E-state index is -0.330. The van der Waals surface area contributed by atoms with Crippen molar-refractivity contribution in [3.8, 4) is 100 Å². The van der Waals surface area contributed by atoms with E-state index in [1.807, 2.05) is 121 Å². The van der Waals surface area contributed by atoms with Gasteiger partial charge in [0.2, 0.25) is 102 Å². The lowest BCUT2D eigenvalue weighted by molar-refractivity contribution is 0.324. The van der Waals surface area contributed by atoms with E-state index in [1.165, 1.54) is 104 Å². The summed E-state index contributed by atoms with van der Waals surface area (Å²) < 4.78 is 91.4. The van der Waals surface area contributed by atoms with Crippen LogP contribution < -0.4 is 112 Å². The zero-order valence-corrected chi connectivity index (χ0v) is 82.1. The zero-order valence-electron chi connectivity index (χ0n) is 77.3. The van der Waals surface area contributed by atoms with Crippen LogP contribution in [0.1, 0.15) is 0 Å². The maximum absolute atomic E-state index is 13.4. The van der Waals surface area contributed by atoms with Crippen LogP contribution in [-0.2, 0) is 0 Å². The van der Waals surface area contributed by atoms with Gasteiger partial charge in [-0.15, -0.1) is 25.5 Å². The number of nitrogen functional groups attached to an aromatic ring is 4. The van der Waals surface area contributed by atoms with Crippen LogP contribution in [0.25, 0.3) is 82.4 Å². The molecule has 0 aliphatic rings. The summed E-state index contributed by atoms with van der Waals surface area (Å²) in [5.74, 6) is 9.28. The van der Waals surface area contributed by atoms with E-state index in [-0.39, 0.29) is 35.6 Å². The number of hydrogen-bond donors (Lipinski definition) is 10. The van der Waals surface area contributed by atoms with Gasteiger partial charge in [-0.05, 0) is 115 Å². The third kappa shape index (κ3) is 21.2. The fourth-order valence-corrected chi connectivity index (χ4v) is 18.7. The molecule has 21 rings (SSSR count). The van der Waals surface area contributed by atoms with Crippen molar-refractivity contribution >= 4 is 207 Å². The number of rotatable bonds is 29. The molecule has 726 valence electrons. The number of para-hydroxylation sites is 2. The van der Waals surface area contributed by atoms with E-state index >= 15 is 0 Å². The number of halogens is 2. The fourth-order valence-electron chi connectivity index (χ4n) is 13.8. The van der Waals surface area contributed by atoms with Crippen molar-refractivity contribution in [2.75, 3.05) is 147 Å². The van der Waals surface area contributed by atoms with Crippen molar-refractivity contribution in [1.82, 2.24) is 114 Å². The number of thiazole rings is 5. The molecule has 14 N–H and O–H groups in total. The van der Waals surface area contributed by atoms with Crippen LogP contribution >= 0.6 is 68.3 Å². The molecule has 52 heteroatoms. The van der Waals surface area contributed by atoms with Crippen LogP contribution in [0.15, 0.2) is 195 Å². The number of benzene rings is 10. The molecule has 0 saturated heterocycles. The van der Waals surface area contributed by atoms with E-state index < -0.39 is 0 Å². The van der Waals surface area contributed by atoms with Crippen LogP contribution in [-0.4, -0.2) is 206 Å². The maximum Gasteiger partial charge on any atom is 0.248 e. The molecule has 0 unspecified atom stereocenters. The summed E-state index contributed by atoms with van der Waals surface area (Å²) >= 11 is 13.2. The highest BCUT2D eigenvalue weighted by Gasteiger charge is 2.25. The normalized spacial score (nSPS) is 10.9. The minimum Gasteiger partial charge on any atom is -0.497 e. The fraction of sp³-hybridized carbons (Fsp3) is 0.144. The van der Waals surface area contributed by atoms with Gasteiger partial charge in [-0.2, -0.15) is 53.4 Å². The summed E-state index contributed by atoms with van der Waals surface area (Å²) in [6.07, 6.45) is 3.14. The molecular weight excluding hydrogens is 1950 g/mol. The van der Waals surface area contributed by atoms with Gasteiger partial charge in [0.05, 0.1) is 142 Å². The molecule has 45 nitrogen and oxygen atoms in total. The lowest BCUT2D eigenvalue weighted by Gasteiger charge is -2.14. The molecule has 142 heavy (non-hydrogen) atoms. The first kappa shape index (κ1) is 96.0. The summed E-state index contributed by atoms with van der Waals surface area (Å²) in [4.78, 5) is 48.2. The van der Waals surface area contributed by atoms with Crippen LogP contribution in [0.3, 0.4) is 0 Å². The number of fused-ring (bicyclic) bond motifs is 5. The Hall–Kier alpha value is -17.7. The molecule has 0 aliphatic heterocycles. The predicted molar refractivity (Wildman–Crippen MR) is 547 cm³/mol. The largest absolute Gasteiger partial charge is 0.497 e. The Morgan fingerprint density at radius 1 is 0.310 bits per heavy atom. The van der Waals surface area contributed by atoms with Gasteiger partial charge in [-0.25, -0.2) is 39.0 Å². The van der Waals surface area contributed by atoms with E-state index in [1.54, 1.807) is 147 Å². The standard InChI is InChI=1S/C19H20N6O4S.C18H17ClN6O3S.C18H17FN6O3S.C18H18N6O2S.C17H13N9S/c1-26-11-5-6-12-15(9-11)30-19(22-12)25-17(20)23-18(24-25)21-10-7-13(27-2)16(29-4)14(8-10)28-3;2*1-26-12-7-10(8-13(27-2)15(12)28-3)21-17-23-16(20)25(24-17)18-22-11-5-4-9(19)6-14(11)29-18;1-19-17-22-16(20-11-8-9-13(25-2)14(10-11)26-3)23-24(17)18-21-12-6-4-5-7-15(12)27-18;18-15-23-16(21-11-5-7-12(8-6-11)25-10-19-9-20-25)24-26(15)17-22-13-3-1-2-4-14(13)27-17/h5-9H,1-4H3,(H3,20,21,23,24);2*4-8H,1-3H3,(H3,20,21,23,24);4-10H,1-3H3,(H2,19,20,22,23);1-10H,(H3,18,21,23,24). The van der Waals surface area contributed by atoms with Crippen LogP contribution in [0.2, 0.25) is 5.02 Å². The number of nitrogens with zero attached hydrogens (tertiary/aromatic N) is 23. The average molecular weight is 2040 g/mol. The van der Waals surface area contributed by atoms with E-state index in [0.29, 0.717) is 146 Å². The molecule has 0 radical (unpaired) electrons. The monoisotopic (exact) mass is 2030 g/mol. The Labute approximate surface area is 829 Å². The van der Waals surface area contributed by atoms with Gasteiger partial charge in [0, 0.05) is 83.0 Å². The Balaban J connectivity index is 0.000000122. The number of methoxy groups -OCH3 is 12. The Morgan fingerprint density at radius 3 is 1.05 bits per heavy atom. The molecule has 0 spiro atoms. The number of anilines is 15. The maximum atomic E-state index is 13.4. The van der Waals surface area contributed by atoms with E-state index in [0.717, 1.165) is 68.8 Å². The number of nitrogens with one attached hydrogen (secondary N) is 6. The molecule has 0 amide bonds. The SMILES string of the molecule is CNc1nc(Nc2ccc(OC)c(OC)c2)nn1-c1nc2ccccc2s1.COc1cc(Nc2nc(N)n(-c3nc4ccc(Cl)cc4s3)n2)cc(OC)c1OC.COc1cc(Nc2nc(N)n(-c3nc4ccc(F)cc4s3)n2)cc(OC)c1OC.COc1ccc2nc(-n3nc(Nc4cc(OC)c(OC)c(OC)c4)nc3N)sc2c1.Nc1nc(Nc2ccc(-n3cncn3)cc2)nn1-c1nc2ccccc2s1. The average Bonchev–Trinajstić information content (AvgIpc) is 1.67. The van der Waals surface area contributed by atoms with Crippen molar-refractivity contribution < 1.29 is 61.2 Å². The summed E-state index contributed by atoms with van der Waals surface area (Å²) in [5.41, 5.74) is 32.8. The highest BCUT2D eigenvalue weighted by Crippen LogP contribution is 2.45. The molecule has 0 fully saturated rings. The van der Waals surface area contributed by atoms with Crippen LogP contribution in [0, 0.1) is 5.82 Å². The Kier molecular flexibility index (Phi) is 29.0. The summed E-state index contributed by atoms with van der Waals surface area (Å²) in [6.45, 7) is 0. The second-order valence-electron chi connectivity index (χ2n) is 29.0. The summed E-state index contributed by atoms with van der Waals surface area (Å²) in [7, 11) is 20.5. The van der Waals surface area contributed by atoms with Crippen molar-refractivity contribution in [3.63, 3.8) is 0 Å². The highest BCUT2D eigenvalue weighted by molar-refractivity contribution is 7.22. The van der Waals surface area contributed by atoms with Gasteiger partial charge < -0.3 is 112 Å². The van der Waals surface area contributed by atoms with Crippen molar-refractivity contribution in [2.24, 2.45) is 0 Å². The molecule has 0 saturated carbocycles. The number of aromatic nitrogens is 23. The number of hydrogen-bond acceptors (Lipinski definition) is 44. The van der Waals surface area contributed by atoms with Crippen molar-refractivity contribution in [3.05, 3.63) is 205 Å². The molecule has 0 aliphatic carbocycles. The molecule has 11 heterocycles. The predicted octanol–water partition coefficient (Wildman–Crippen LogP) is 16.9. The third-order valence-electron chi connectivity index (χ3n) is 20.3. The lowest BCUT2D eigenvalue weighted by Crippen LogP contribution is -2.02. The van der Waals surface area contributed by atoms with Crippen molar-refractivity contribution in [2.45, 2.75) is 0 Å². The number of ether oxygens (including phenoxy) is 12. The summed E-state index contributed by atoms with van der Waals surface area (Å²) in [5, 5.41) is 48.7. The van der Waals surface area contributed by atoms with Gasteiger partial charge >= 0.3 is 0 Å². The smallest absolute Gasteiger partial charge is 0.248 e. The molecule has 21 aromatic rings. The van der Waals surface area contributed by atoms with Gasteiger partial charge in [0.1, 0.15) is 24.2 Å². The first-order chi connectivity index (χ1) is 69.1. The van der Waals surface area contributed by atoms with Crippen LogP contribution in [0.4, 0.5) is 92.3 Å². The molecule has 0 atom stereocenters. The second-order valence-corrected chi connectivity index (χ2v) is 34.5. The second kappa shape index (κ2) is 42.9. The first-order valence-corrected chi connectivity index (χ1v) is 46.3. The van der Waals surface area contributed by atoms with Gasteiger partial charge in [0.25, 0.3) is 0 Å². The highest BCUT2D eigenvalue weighted by atomic mass is 35.5. The van der Waals surface area contributed by atoms with Crippen LogP contribution in [0.5, 0.6) is 69.0 Å². The zero-order chi connectivity index (χ0) is 99.4. The molecule has 11 aromatic heterocycles. The van der Waals surface area contributed by atoms with Gasteiger partial charge in [-0.1, -0.05) is 92.6 Å². The summed E-state index contributed by atoms with van der Waals surface area (Å²) in [6, 6.07) is 55.0. The Bertz CT molecular complexity index is 7720. The lowest BCUT2D eigenvalue weighted by atomic mass is 10.2. The molecular formula is C90H85ClFN33O12S5. The molecule has 0 bridgehead atoms. The van der Waals surface area contributed by atoms with Gasteiger partial charge in [-0.3, -0.25) is 0 Å². The van der Waals surface area contributed by atoms with E-state index in [9.17, 15) is 4.39 Å².